The minimum absolute atomic E-state index is 0.0284. The Kier molecular flexibility index (Phi) is 4.76. The molecule has 0 bridgehead atoms. The summed E-state index contributed by atoms with van der Waals surface area (Å²) in [7, 11) is 0. The van der Waals surface area contributed by atoms with E-state index in [1.807, 2.05) is 4.90 Å². The second-order valence-electron chi connectivity index (χ2n) is 5.47. The molecule has 108 valence electrons. The van der Waals surface area contributed by atoms with Crippen LogP contribution in [0.15, 0.2) is 0 Å². The van der Waals surface area contributed by atoms with Crippen molar-refractivity contribution < 1.29 is 19.4 Å². The van der Waals surface area contributed by atoms with E-state index in [0.717, 1.165) is 25.9 Å². The molecule has 2 heterocycles. The van der Waals surface area contributed by atoms with Crippen molar-refractivity contribution in [3.05, 3.63) is 0 Å². The van der Waals surface area contributed by atoms with Gasteiger partial charge in [-0.2, -0.15) is 0 Å². The Morgan fingerprint density at radius 2 is 2.00 bits per heavy atom. The summed E-state index contributed by atoms with van der Waals surface area (Å²) < 4.78 is 5.27. The highest BCUT2D eigenvalue weighted by atomic mass is 16.5. The van der Waals surface area contributed by atoms with Crippen molar-refractivity contribution in [1.82, 2.24) is 10.2 Å². The SMILES string of the molecule is C[C@@H]1CNC[C@H]1C(=O)N1CCC(OCC(=O)O)CC1. The Morgan fingerprint density at radius 1 is 1.32 bits per heavy atom. The molecule has 6 nitrogen and oxygen atoms in total. The largest absolute Gasteiger partial charge is 0.480 e. The van der Waals surface area contributed by atoms with E-state index in [1.165, 1.54) is 0 Å². The summed E-state index contributed by atoms with van der Waals surface area (Å²) in [5, 5.41) is 11.8. The number of carbonyl (C=O) groups excluding carboxylic acids is 1. The molecule has 2 saturated heterocycles. The summed E-state index contributed by atoms with van der Waals surface area (Å²) in [5.74, 6) is -0.219. The summed E-state index contributed by atoms with van der Waals surface area (Å²) in [6, 6.07) is 0. The zero-order valence-electron chi connectivity index (χ0n) is 11.3. The van der Waals surface area contributed by atoms with Crippen molar-refractivity contribution in [2.75, 3.05) is 32.8 Å². The molecule has 0 aromatic rings. The smallest absolute Gasteiger partial charge is 0.329 e. The molecule has 2 aliphatic rings. The van der Waals surface area contributed by atoms with Gasteiger partial charge in [-0.15, -0.1) is 0 Å². The second-order valence-corrected chi connectivity index (χ2v) is 5.47. The third kappa shape index (κ3) is 3.67. The summed E-state index contributed by atoms with van der Waals surface area (Å²) in [6.45, 7) is 4.89. The monoisotopic (exact) mass is 270 g/mol. The number of ether oxygens (including phenoxy) is 1. The van der Waals surface area contributed by atoms with Gasteiger partial charge in [0.05, 0.1) is 12.0 Å². The van der Waals surface area contributed by atoms with E-state index in [1.54, 1.807) is 0 Å². The lowest BCUT2D eigenvalue weighted by atomic mass is 9.95. The standard InChI is InChI=1S/C13H22N2O4/c1-9-6-14-7-11(9)13(18)15-4-2-10(3-5-15)19-8-12(16)17/h9-11,14H,2-8H2,1H3,(H,16,17)/t9-,11-/m1/s1. The Morgan fingerprint density at radius 3 is 2.53 bits per heavy atom. The molecule has 0 saturated carbocycles. The Bertz CT molecular complexity index is 340. The third-order valence-corrected chi connectivity index (χ3v) is 4.03. The average Bonchev–Trinajstić information content (AvgIpc) is 2.82. The van der Waals surface area contributed by atoms with Gasteiger partial charge in [0.15, 0.2) is 0 Å². The van der Waals surface area contributed by atoms with Gasteiger partial charge >= 0.3 is 5.97 Å². The van der Waals surface area contributed by atoms with E-state index >= 15 is 0 Å². The number of nitrogens with one attached hydrogen (secondary N) is 1. The number of carboxylic acid groups (broad SMARTS) is 1. The van der Waals surface area contributed by atoms with Gasteiger partial charge in [0.25, 0.3) is 0 Å². The van der Waals surface area contributed by atoms with E-state index in [9.17, 15) is 9.59 Å². The number of carboxylic acids is 1. The number of rotatable bonds is 4. The number of nitrogens with zero attached hydrogens (tertiary/aromatic N) is 1. The highest BCUT2D eigenvalue weighted by Crippen LogP contribution is 2.22. The number of likely N-dealkylation sites (tertiary alicyclic amines) is 1. The van der Waals surface area contributed by atoms with Crippen molar-refractivity contribution in [2.45, 2.75) is 25.9 Å². The van der Waals surface area contributed by atoms with E-state index in [-0.39, 0.29) is 24.5 Å². The molecule has 2 atom stereocenters. The van der Waals surface area contributed by atoms with Gasteiger partial charge < -0.3 is 20.1 Å². The number of carbonyl (C=O) groups is 2. The molecule has 0 radical (unpaired) electrons. The molecular formula is C13H22N2O4. The molecule has 6 heteroatoms. The third-order valence-electron chi connectivity index (χ3n) is 4.03. The molecule has 0 spiro atoms. The Balaban J connectivity index is 1.76. The second kappa shape index (κ2) is 6.34. The molecule has 0 aromatic carbocycles. The molecule has 0 aromatic heterocycles. The molecule has 0 unspecified atom stereocenters. The topological polar surface area (TPSA) is 78.9 Å². The van der Waals surface area contributed by atoms with Crippen molar-refractivity contribution in [3.8, 4) is 0 Å². The van der Waals surface area contributed by atoms with E-state index in [2.05, 4.69) is 12.2 Å². The number of amides is 1. The van der Waals surface area contributed by atoms with Gasteiger partial charge in [0.1, 0.15) is 6.61 Å². The van der Waals surface area contributed by atoms with Crippen LogP contribution in [0.3, 0.4) is 0 Å². The zero-order chi connectivity index (χ0) is 13.8. The summed E-state index contributed by atoms with van der Waals surface area (Å²) in [6.07, 6.45) is 1.43. The molecular weight excluding hydrogens is 248 g/mol. The summed E-state index contributed by atoms with van der Waals surface area (Å²) in [5.41, 5.74) is 0. The highest BCUT2D eigenvalue weighted by molar-refractivity contribution is 5.79. The molecule has 2 aliphatic heterocycles. The first-order chi connectivity index (χ1) is 9.08. The van der Waals surface area contributed by atoms with Gasteiger partial charge in [0, 0.05) is 19.6 Å². The first-order valence-electron chi connectivity index (χ1n) is 6.91. The number of hydrogen-bond acceptors (Lipinski definition) is 4. The van der Waals surface area contributed by atoms with Gasteiger partial charge in [-0.3, -0.25) is 4.79 Å². The fraction of sp³-hybridized carbons (Fsp3) is 0.846. The average molecular weight is 270 g/mol. The predicted molar refractivity (Wildman–Crippen MR) is 68.7 cm³/mol. The Labute approximate surface area is 113 Å². The minimum Gasteiger partial charge on any atom is -0.480 e. The van der Waals surface area contributed by atoms with Gasteiger partial charge in [-0.05, 0) is 25.3 Å². The first-order valence-corrected chi connectivity index (χ1v) is 6.91. The molecule has 2 fully saturated rings. The minimum atomic E-state index is -0.940. The fourth-order valence-corrected chi connectivity index (χ4v) is 2.81. The summed E-state index contributed by atoms with van der Waals surface area (Å²) >= 11 is 0. The van der Waals surface area contributed by atoms with Crippen LogP contribution in [0.2, 0.25) is 0 Å². The molecule has 0 aliphatic carbocycles. The van der Waals surface area contributed by atoms with E-state index in [0.29, 0.717) is 19.0 Å². The maximum absolute atomic E-state index is 12.3. The van der Waals surface area contributed by atoms with Crippen LogP contribution in [0.25, 0.3) is 0 Å². The normalized spacial score (nSPS) is 28.6. The summed E-state index contributed by atoms with van der Waals surface area (Å²) in [4.78, 5) is 24.7. The Hall–Kier alpha value is -1.14. The van der Waals surface area contributed by atoms with Crippen LogP contribution in [0.4, 0.5) is 0 Å². The van der Waals surface area contributed by atoms with E-state index < -0.39 is 5.97 Å². The van der Waals surface area contributed by atoms with Crippen molar-refractivity contribution >= 4 is 11.9 Å². The van der Waals surface area contributed by atoms with Crippen LogP contribution in [-0.4, -0.2) is 60.8 Å². The maximum atomic E-state index is 12.3. The lowest BCUT2D eigenvalue weighted by Gasteiger charge is -2.33. The quantitative estimate of drug-likeness (QED) is 0.748. The van der Waals surface area contributed by atoms with Crippen LogP contribution in [0.1, 0.15) is 19.8 Å². The zero-order valence-corrected chi connectivity index (χ0v) is 11.3. The van der Waals surface area contributed by atoms with E-state index in [4.69, 9.17) is 9.84 Å². The number of aliphatic carboxylic acids is 1. The van der Waals surface area contributed by atoms with Gasteiger partial charge in [0.2, 0.25) is 5.91 Å². The predicted octanol–water partition coefficient (Wildman–Crippen LogP) is -0.0659. The number of hydrogen-bond donors (Lipinski definition) is 2. The first kappa shape index (κ1) is 14.3. The van der Waals surface area contributed by atoms with Crippen LogP contribution >= 0.6 is 0 Å². The van der Waals surface area contributed by atoms with Crippen LogP contribution < -0.4 is 5.32 Å². The molecule has 2 N–H and O–H groups in total. The molecule has 1 amide bonds. The molecule has 2 rings (SSSR count). The van der Waals surface area contributed by atoms with Crippen molar-refractivity contribution in [1.29, 1.82) is 0 Å². The van der Waals surface area contributed by atoms with Crippen LogP contribution in [0, 0.1) is 11.8 Å². The fourth-order valence-electron chi connectivity index (χ4n) is 2.81. The van der Waals surface area contributed by atoms with Crippen molar-refractivity contribution in [3.63, 3.8) is 0 Å². The van der Waals surface area contributed by atoms with Crippen molar-refractivity contribution in [2.24, 2.45) is 11.8 Å². The van der Waals surface area contributed by atoms with Gasteiger partial charge in [-0.1, -0.05) is 6.92 Å². The number of piperidine rings is 1. The highest BCUT2D eigenvalue weighted by Gasteiger charge is 2.34. The lowest BCUT2D eigenvalue weighted by Crippen LogP contribution is -2.45. The molecule has 19 heavy (non-hydrogen) atoms. The van der Waals surface area contributed by atoms with Crippen LogP contribution in [-0.2, 0) is 14.3 Å². The lowest BCUT2D eigenvalue weighted by molar-refractivity contribution is -0.147. The van der Waals surface area contributed by atoms with Crippen LogP contribution in [0.5, 0.6) is 0 Å². The maximum Gasteiger partial charge on any atom is 0.329 e. The van der Waals surface area contributed by atoms with Gasteiger partial charge in [-0.25, -0.2) is 4.79 Å².